The van der Waals surface area contributed by atoms with Crippen molar-refractivity contribution >= 4 is 5.97 Å². The van der Waals surface area contributed by atoms with Gasteiger partial charge >= 0.3 is 5.97 Å². The van der Waals surface area contributed by atoms with Crippen molar-refractivity contribution < 1.29 is 9.90 Å². The highest BCUT2D eigenvalue weighted by Gasteiger charge is 2.09. The zero-order valence-electron chi connectivity index (χ0n) is 9.88. The van der Waals surface area contributed by atoms with E-state index in [4.69, 9.17) is 5.11 Å². The lowest BCUT2D eigenvalue weighted by atomic mass is 10.0. The quantitative estimate of drug-likeness (QED) is 0.579. The summed E-state index contributed by atoms with van der Waals surface area (Å²) in [5.74, 6) is -0.909. The summed E-state index contributed by atoms with van der Waals surface area (Å²) in [5.41, 5.74) is 0.243. The lowest BCUT2D eigenvalue weighted by Crippen LogP contribution is -2.31. The van der Waals surface area contributed by atoms with Crippen LogP contribution in [0.25, 0.3) is 0 Å². The zero-order valence-corrected chi connectivity index (χ0v) is 9.88. The molecule has 1 unspecified atom stereocenters. The topological polar surface area (TPSA) is 49.3 Å². The second-order valence-electron chi connectivity index (χ2n) is 3.92. The largest absolute Gasteiger partial charge is 0.478 e. The number of hydrogen-bond acceptors (Lipinski definition) is 2. The minimum Gasteiger partial charge on any atom is -0.478 e. The second-order valence-corrected chi connectivity index (χ2v) is 3.92. The molecule has 0 fully saturated rings. The molecule has 88 valence electrons. The molecule has 0 amide bonds. The maximum Gasteiger partial charge on any atom is 0.332 e. The maximum atomic E-state index is 10.5. The minimum absolute atomic E-state index is 0.243. The molecule has 0 aromatic carbocycles. The predicted molar refractivity (Wildman–Crippen MR) is 63.0 cm³/mol. The van der Waals surface area contributed by atoms with E-state index in [1.54, 1.807) is 0 Å². The lowest BCUT2D eigenvalue weighted by molar-refractivity contribution is -0.132. The standard InChI is InChI=1S/C12H23NO2/c1-4-6-8-11(7-5-2)13-9-10(3)12(14)15/h11,13H,3-9H2,1-2H3,(H,14,15). The molecule has 1 atom stereocenters. The molecule has 0 radical (unpaired) electrons. The zero-order chi connectivity index (χ0) is 11.7. The van der Waals surface area contributed by atoms with Crippen LogP contribution in [0.4, 0.5) is 0 Å². The summed E-state index contributed by atoms with van der Waals surface area (Å²) in [5, 5.41) is 11.9. The number of aliphatic carboxylic acids is 1. The van der Waals surface area contributed by atoms with Crippen molar-refractivity contribution in [1.82, 2.24) is 5.32 Å². The van der Waals surface area contributed by atoms with E-state index in [-0.39, 0.29) is 5.57 Å². The Morgan fingerprint density at radius 3 is 2.47 bits per heavy atom. The van der Waals surface area contributed by atoms with Crippen LogP contribution in [0.5, 0.6) is 0 Å². The van der Waals surface area contributed by atoms with Crippen molar-refractivity contribution in [3.8, 4) is 0 Å². The normalized spacial score (nSPS) is 12.4. The first kappa shape index (κ1) is 14.2. The van der Waals surface area contributed by atoms with Gasteiger partial charge in [-0.25, -0.2) is 4.79 Å². The highest BCUT2D eigenvalue weighted by atomic mass is 16.4. The van der Waals surface area contributed by atoms with E-state index in [0.29, 0.717) is 12.6 Å². The summed E-state index contributed by atoms with van der Waals surface area (Å²) in [6, 6.07) is 0.436. The first-order valence-electron chi connectivity index (χ1n) is 5.76. The molecule has 0 aliphatic rings. The van der Waals surface area contributed by atoms with Crippen LogP contribution < -0.4 is 5.32 Å². The maximum absolute atomic E-state index is 10.5. The molecule has 0 saturated heterocycles. The summed E-state index contributed by atoms with van der Waals surface area (Å²) in [6.07, 6.45) is 5.73. The van der Waals surface area contributed by atoms with Gasteiger partial charge in [0, 0.05) is 18.2 Å². The Morgan fingerprint density at radius 1 is 1.33 bits per heavy atom. The van der Waals surface area contributed by atoms with Crippen LogP contribution in [0, 0.1) is 0 Å². The molecule has 0 heterocycles. The number of carboxylic acid groups (broad SMARTS) is 1. The molecule has 0 spiro atoms. The van der Waals surface area contributed by atoms with Crippen molar-refractivity contribution in [3.05, 3.63) is 12.2 Å². The second kappa shape index (κ2) is 8.48. The molecule has 0 aliphatic carbocycles. The van der Waals surface area contributed by atoms with Crippen LogP contribution in [0.2, 0.25) is 0 Å². The number of rotatable bonds is 9. The van der Waals surface area contributed by atoms with Gasteiger partial charge in [0.05, 0.1) is 0 Å². The van der Waals surface area contributed by atoms with Gasteiger partial charge in [0.15, 0.2) is 0 Å². The van der Waals surface area contributed by atoms with Gasteiger partial charge in [0.1, 0.15) is 0 Å². The number of nitrogens with one attached hydrogen (secondary N) is 1. The van der Waals surface area contributed by atoms with Gasteiger partial charge in [0.25, 0.3) is 0 Å². The van der Waals surface area contributed by atoms with E-state index in [2.05, 4.69) is 25.7 Å². The third-order valence-corrected chi connectivity index (χ3v) is 2.45. The number of carboxylic acids is 1. The van der Waals surface area contributed by atoms with E-state index in [9.17, 15) is 4.79 Å². The average molecular weight is 213 g/mol. The third kappa shape index (κ3) is 7.14. The Bertz CT molecular complexity index is 202. The summed E-state index contributed by atoms with van der Waals surface area (Å²) in [4.78, 5) is 10.5. The van der Waals surface area contributed by atoms with Crippen molar-refractivity contribution in [2.24, 2.45) is 0 Å². The Kier molecular flexibility index (Phi) is 8.01. The van der Waals surface area contributed by atoms with Crippen molar-refractivity contribution in [1.29, 1.82) is 0 Å². The van der Waals surface area contributed by atoms with Gasteiger partial charge in [0.2, 0.25) is 0 Å². The molecule has 0 saturated carbocycles. The van der Waals surface area contributed by atoms with Gasteiger partial charge in [-0.3, -0.25) is 0 Å². The molecule has 15 heavy (non-hydrogen) atoms. The summed E-state index contributed by atoms with van der Waals surface area (Å²) < 4.78 is 0. The Hall–Kier alpha value is -0.830. The summed E-state index contributed by atoms with van der Waals surface area (Å²) in [6.45, 7) is 8.21. The van der Waals surface area contributed by atoms with E-state index in [0.717, 1.165) is 19.3 Å². The molecule has 0 aromatic rings. The van der Waals surface area contributed by atoms with Crippen LogP contribution in [0.3, 0.4) is 0 Å². The molecule has 3 nitrogen and oxygen atoms in total. The first-order chi connectivity index (χ1) is 7.11. The molecule has 3 heteroatoms. The summed E-state index contributed by atoms with van der Waals surface area (Å²) in [7, 11) is 0. The van der Waals surface area contributed by atoms with Gasteiger partial charge < -0.3 is 10.4 Å². The Morgan fingerprint density at radius 2 is 2.00 bits per heavy atom. The minimum atomic E-state index is -0.909. The van der Waals surface area contributed by atoms with E-state index < -0.39 is 5.97 Å². The van der Waals surface area contributed by atoms with Crippen LogP contribution in [0.1, 0.15) is 46.0 Å². The molecule has 0 aromatic heterocycles. The highest BCUT2D eigenvalue weighted by molar-refractivity contribution is 5.86. The smallest absolute Gasteiger partial charge is 0.332 e. The summed E-state index contributed by atoms with van der Waals surface area (Å²) >= 11 is 0. The third-order valence-electron chi connectivity index (χ3n) is 2.45. The number of carbonyl (C=O) groups is 1. The first-order valence-corrected chi connectivity index (χ1v) is 5.76. The average Bonchev–Trinajstić information content (AvgIpc) is 2.21. The molecule has 0 rings (SSSR count). The van der Waals surface area contributed by atoms with Crippen LogP contribution >= 0.6 is 0 Å². The van der Waals surface area contributed by atoms with Gasteiger partial charge in [-0.1, -0.05) is 39.7 Å². The van der Waals surface area contributed by atoms with Gasteiger partial charge in [-0.05, 0) is 12.8 Å². The Labute approximate surface area is 92.6 Å². The van der Waals surface area contributed by atoms with Crippen molar-refractivity contribution in [2.45, 2.75) is 52.0 Å². The van der Waals surface area contributed by atoms with Crippen LogP contribution in [-0.2, 0) is 4.79 Å². The van der Waals surface area contributed by atoms with E-state index in [1.165, 1.54) is 12.8 Å². The molecule has 0 bridgehead atoms. The fourth-order valence-electron chi connectivity index (χ4n) is 1.49. The molecular weight excluding hydrogens is 190 g/mol. The lowest BCUT2D eigenvalue weighted by Gasteiger charge is -2.17. The van der Waals surface area contributed by atoms with Gasteiger partial charge in [-0.2, -0.15) is 0 Å². The fraction of sp³-hybridized carbons (Fsp3) is 0.750. The fourth-order valence-corrected chi connectivity index (χ4v) is 1.49. The van der Waals surface area contributed by atoms with Crippen molar-refractivity contribution in [2.75, 3.05) is 6.54 Å². The molecule has 0 aliphatic heterocycles. The predicted octanol–water partition coefficient (Wildman–Crippen LogP) is 2.58. The molecular formula is C12H23NO2. The SMILES string of the molecule is C=C(CNC(CCC)CCCC)C(=O)O. The number of unbranched alkanes of at least 4 members (excludes halogenated alkanes) is 1. The van der Waals surface area contributed by atoms with Gasteiger partial charge in [-0.15, -0.1) is 0 Å². The highest BCUT2D eigenvalue weighted by Crippen LogP contribution is 2.07. The van der Waals surface area contributed by atoms with E-state index >= 15 is 0 Å². The Balaban J connectivity index is 3.83. The van der Waals surface area contributed by atoms with Crippen LogP contribution in [-0.4, -0.2) is 23.7 Å². The van der Waals surface area contributed by atoms with Crippen molar-refractivity contribution in [3.63, 3.8) is 0 Å². The van der Waals surface area contributed by atoms with E-state index in [1.807, 2.05) is 0 Å². The number of hydrogen-bond donors (Lipinski definition) is 2. The monoisotopic (exact) mass is 213 g/mol. The molecule has 2 N–H and O–H groups in total. The van der Waals surface area contributed by atoms with Crippen LogP contribution in [0.15, 0.2) is 12.2 Å².